The number of hydrogen-bond donors (Lipinski definition) is 1. The molecule has 1 aromatic rings. The van der Waals surface area contributed by atoms with Gasteiger partial charge in [-0.2, -0.15) is 4.31 Å². The number of benzene rings is 1. The molecule has 118 valence electrons. The van der Waals surface area contributed by atoms with Crippen LogP contribution in [0.3, 0.4) is 0 Å². The number of carboxylic acid groups (broad SMARTS) is 1. The monoisotopic (exact) mass is 319 g/mol. The van der Waals surface area contributed by atoms with Gasteiger partial charge in [0.25, 0.3) is 0 Å². The van der Waals surface area contributed by atoms with E-state index in [1.54, 1.807) is 6.92 Å². The molecule has 6 nitrogen and oxygen atoms in total. The van der Waals surface area contributed by atoms with Crippen LogP contribution in [-0.2, 0) is 14.8 Å². The molecule has 1 aromatic carbocycles. The Kier molecular flexibility index (Phi) is 5.82. The van der Waals surface area contributed by atoms with Crippen molar-refractivity contribution in [1.82, 2.24) is 4.31 Å². The number of likely N-dealkylation sites (N-methyl/N-ethyl adjacent to an activating group) is 1. The van der Waals surface area contributed by atoms with Gasteiger partial charge in [0.1, 0.15) is 5.82 Å². The van der Waals surface area contributed by atoms with Gasteiger partial charge >= 0.3 is 5.97 Å². The second kappa shape index (κ2) is 6.97. The van der Waals surface area contributed by atoms with Gasteiger partial charge in [0.2, 0.25) is 10.0 Å². The van der Waals surface area contributed by atoms with Crippen molar-refractivity contribution < 1.29 is 27.4 Å². The summed E-state index contributed by atoms with van der Waals surface area (Å²) in [6, 6.07) is 1.95. The molecular formula is C13H18FNO5S. The molecule has 0 aliphatic carbocycles. The Hall–Kier alpha value is -1.51. The maximum atomic E-state index is 13.7. The van der Waals surface area contributed by atoms with Crippen molar-refractivity contribution in [2.45, 2.75) is 18.7 Å². The Balaban J connectivity index is 3.17. The predicted octanol–water partition coefficient (Wildman–Crippen LogP) is 1.49. The maximum absolute atomic E-state index is 13.7. The molecule has 0 atom stereocenters. The van der Waals surface area contributed by atoms with Crippen molar-refractivity contribution in [3.8, 4) is 0 Å². The standard InChI is InChI=1S/C13H18FNO5S/c1-4-20-6-5-15(3)21(18,19)10-7-9(2)12(14)11(8-10)13(16)17/h7-8H,4-6H2,1-3H3,(H,16,17). The fourth-order valence-electron chi connectivity index (χ4n) is 1.68. The van der Waals surface area contributed by atoms with E-state index in [1.165, 1.54) is 14.0 Å². The van der Waals surface area contributed by atoms with E-state index in [0.29, 0.717) is 6.61 Å². The zero-order valence-electron chi connectivity index (χ0n) is 12.1. The molecule has 1 rings (SSSR count). The highest BCUT2D eigenvalue weighted by Gasteiger charge is 2.24. The summed E-state index contributed by atoms with van der Waals surface area (Å²) in [5.74, 6) is -2.44. The van der Waals surface area contributed by atoms with Crippen molar-refractivity contribution >= 4 is 16.0 Å². The molecule has 0 radical (unpaired) electrons. The highest BCUT2D eigenvalue weighted by molar-refractivity contribution is 7.89. The van der Waals surface area contributed by atoms with Gasteiger partial charge in [0, 0.05) is 20.2 Å². The first-order valence-electron chi connectivity index (χ1n) is 6.29. The third-order valence-corrected chi connectivity index (χ3v) is 4.76. The Bertz CT molecular complexity index is 630. The number of nitrogens with zero attached hydrogens (tertiary/aromatic N) is 1. The Labute approximate surface area is 123 Å². The van der Waals surface area contributed by atoms with Gasteiger partial charge in [-0.25, -0.2) is 17.6 Å². The molecule has 8 heteroatoms. The Morgan fingerprint density at radius 1 is 1.43 bits per heavy atom. The first kappa shape index (κ1) is 17.5. The van der Waals surface area contributed by atoms with Crippen LogP contribution in [-0.4, -0.2) is 50.6 Å². The number of rotatable bonds is 7. The number of hydrogen-bond acceptors (Lipinski definition) is 4. The van der Waals surface area contributed by atoms with Gasteiger partial charge in [0.05, 0.1) is 17.1 Å². The summed E-state index contributed by atoms with van der Waals surface area (Å²) in [5, 5.41) is 8.92. The van der Waals surface area contributed by atoms with Crippen molar-refractivity contribution in [2.75, 3.05) is 26.8 Å². The summed E-state index contributed by atoms with van der Waals surface area (Å²) >= 11 is 0. The van der Waals surface area contributed by atoms with Crippen LogP contribution in [0.5, 0.6) is 0 Å². The zero-order valence-corrected chi connectivity index (χ0v) is 12.9. The van der Waals surface area contributed by atoms with E-state index in [0.717, 1.165) is 16.4 Å². The minimum Gasteiger partial charge on any atom is -0.478 e. The van der Waals surface area contributed by atoms with Crippen molar-refractivity contribution in [2.24, 2.45) is 0 Å². The second-order valence-corrected chi connectivity index (χ2v) is 6.48. The molecule has 0 heterocycles. The lowest BCUT2D eigenvalue weighted by Gasteiger charge is -2.18. The highest BCUT2D eigenvalue weighted by atomic mass is 32.2. The zero-order chi connectivity index (χ0) is 16.2. The van der Waals surface area contributed by atoms with Crippen LogP contribution >= 0.6 is 0 Å². The summed E-state index contributed by atoms with van der Waals surface area (Å²) in [5.41, 5.74) is -0.696. The normalized spacial score (nSPS) is 11.9. The average Bonchev–Trinajstić information content (AvgIpc) is 2.41. The van der Waals surface area contributed by atoms with E-state index in [2.05, 4.69) is 0 Å². The highest BCUT2D eigenvalue weighted by Crippen LogP contribution is 2.21. The SMILES string of the molecule is CCOCCN(C)S(=O)(=O)c1cc(C)c(F)c(C(=O)O)c1. The fourth-order valence-corrected chi connectivity index (χ4v) is 2.95. The third-order valence-electron chi connectivity index (χ3n) is 2.92. The minimum atomic E-state index is -3.89. The Morgan fingerprint density at radius 3 is 2.57 bits per heavy atom. The molecule has 0 aliphatic heterocycles. The summed E-state index contributed by atoms with van der Waals surface area (Å²) in [7, 11) is -2.54. The number of halogens is 1. The smallest absolute Gasteiger partial charge is 0.338 e. The predicted molar refractivity (Wildman–Crippen MR) is 74.4 cm³/mol. The van der Waals surface area contributed by atoms with E-state index in [1.807, 2.05) is 0 Å². The van der Waals surface area contributed by atoms with Crippen LogP contribution in [0.15, 0.2) is 17.0 Å². The van der Waals surface area contributed by atoms with Gasteiger partial charge in [-0.3, -0.25) is 0 Å². The van der Waals surface area contributed by atoms with Crippen molar-refractivity contribution in [1.29, 1.82) is 0 Å². The largest absolute Gasteiger partial charge is 0.478 e. The minimum absolute atomic E-state index is 0.0355. The molecule has 0 bridgehead atoms. The van der Waals surface area contributed by atoms with E-state index >= 15 is 0 Å². The Morgan fingerprint density at radius 2 is 2.05 bits per heavy atom. The molecule has 0 amide bonds. The van der Waals surface area contributed by atoms with E-state index in [9.17, 15) is 17.6 Å². The molecule has 0 saturated heterocycles. The van der Waals surface area contributed by atoms with Gasteiger partial charge in [-0.05, 0) is 31.5 Å². The number of sulfonamides is 1. The summed E-state index contributed by atoms with van der Waals surface area (Å²) in [6.07, 6.45) is 0. The van der Waals surface area contributed by atoms with E-state index in [4.69, 9.17) is 9.84 Å². The lowest BCUT2D eigenvalue weighted by atomic mass is 10.1. The molecule has 0 unspecified atom stereocenters. The average molecular weight is 319 g/mol. The van der Waals surface area contributed by atoms with E-state index < -0.39 is 27.4 Å². The molecular weight excluding hydrogens is 301 g/mol. The molecule has 0 spiro atoms. The number of carboxylic acids is 1. The lowest BCUT2D eigenvalue weighted by Crippen LogP contribution is -2.30. The maximum Gasteiger partial charge on any atom is 0.338 e. The van der Waals surface area contributed by atoms with Crippen molar-refractivity contribution in [3.63, 3.8) is 0 Å². The van der Waals surface area contributed by atoms with Gasteiger partial charge < -0.3 is 9.84 Å². The summed E-state index contributed by atoms with van der Waals surface area (Å²) in [4.78, 5) is 10.7. The molecule has 1 N–H and O–H groups in total. The topological polar surface area (TPSA) is 83.9 Å². The summed E-state index contributed by atoms with van der Waals surface area (Å²) in [6.45, 7) is 3.91. The summed E-state index contributed by atoms with van der Waals surface area (Å²) < 4.78 is 44.4. The van der Waals surface area contributed by atoms with Crippen LogP contribution < -0.4 is 0 Å². The molecule has 0 aliphatic rings. The van der Waals surface area contributed by atoms with E-state index in [-0.39, 0.29) is 23.6 Å². The van der Waals surface area contributed by atoms with Gasteiger partial charge in [-0.15, -0.1) is 0 Å². The third kappa shape index (κ3) is 3.99. The quantitative estimate of drug-likeness (QED) is 0.770. The van der Waals surface area contributed by atoms with Crippen LogP contribution in [0.2, 0.25) is 0 Å². The van der Waals surface area contributed by atoms with Gasteiger partial charge in [0.15, 0.2) is 0 Å². The second-order valence-electron chi connectivity index (χ2n) is 4.43. The van der Waals surface area contributed by atoms with Gasteiger partial charge in [-0.1, -0.05) is 0 Å². The molecule has 21 heavy (non-hydrogen) atoms. The number of aryl methyl sites for hydroxylation is 1. The van der Waals surface area contributed by atoms with Crippen molar-refractivity contribution in [3.05, 3.63) is 29.1 Å². The molecule has 0 aromatic heterocycles. The first-order chi connectivity index (χ1) is 9.71. The number of carbonyl (C=O) groups is 1. The molecule has 0 fully saturated rings. The number of ether oxygens (including phenoxy) is 1. The van der Waals surface area contributed by atoms with Crippen LogP contribution in [0.25, 0.3) is 0 Å². The van der Waals surface area contributed by atoms with Crippen LogP contribution in [0.1, 0.15) is 22.8 Å². The van der Waals surface area contributed by atoms with Crippen LogP contribution in [0.4, 0.5) is 4.39 Å². The van der Waals surface area contributed by atoms with Crippen LogP contribution in [0, 0.1) is 12.7 Å². The number of aromatic carboxylic acids is 1. The fraction of sp³-hybridized carbons (Fsp3) is 0.462. The lowest BCUT2D eigenvalue weighted by molar-refractivity contribution is 0.0691. The first-order valence-corrected chi connectivity index (χ1v) is 7.73. The molecule has 0 saturated carbocycles.